The molecule has 0 radical (unpaired) electrons. The van der Waals surface area contributed by atoms with Gasteiger partial charge in [-0.3, -0.25) is 4.79 Å². The van der Waals surface area contributed by atoms with E-state index >= 15 is 0 Å². The van der Waals surface area contributed by atoms with Crippen LogP contribution in [0.2, 0.25) is 0 Å². The third-order valence-corrected chi connectivity index (χ3v) is 8.50. The first-order valence-electron chi connectivity index (χ1n) is 11.5. The number of amides is 1. The van der Waals surface area contributed by atoms with E-state index in [-0.39, 0.29) is 24.1 Å². The maximum atomic E-state index is 13.1. The highest BCUT2D eigenvalue weighted by Gasteiger charge is 2.72. The Labute approximate surface area is 189 Å². The van der Waals surface area contributed by atoms with Crippen molar-refractivity contribution in [1.82, 2.24) is 9.80 Å². The van der Waals surface area contributed by atoms with Gasteiger partial charge in [-0.2, -0.15) is 0 Å². The number of ether oxygens (including phenoxy) is 1. The molecule has 2 fully saturated rings. The van der Waals surface area contributed by atoms with Crippen molar-refractivity contribution in [2.75, 3.05) is 20.6 Å². The summed E-state index contributed by atoms with van der Waals surface area (Å²) in [5.41, 5.74) is 1.98. The highest BCUT2D eigenvalue weighted by atomic mass is 16.5. The standard InChI is InChI=1S/C27H28N2O3/c1-28-16-15-26-24-19-9-6-10-21(24)32-25(26)20(13-14-27(26,31)22(28)17-19)29(2)23(30)12-11-18-7-4-3-5-8-18/h3-10,20,22,25,31H,13-17H2,1-2H3/t20-,22+,25-,26-,27+/m0/s1. The monoisotopic (exact) mass is 428 g/mol. The lowest BCUT2D eigenvalue weighted by molar-refractivity contribution is -0.195. The third kappa shape index (κ3) is 2.45. The van der Waals surface area contributed by atoms with E-state index < -0.39 is 11.0 Å². The number of benzene rings is 2. The number of hydrogen-bond donors (Lipinski definition) is 1. The number of piperidine rings is 1. The van der Waals surface area contributed by atoms with E-state index in [1.807, 2.05) is 43.4 Å². The topological polar surface area (TPSA) is 53.0 Å². The number of likely N-dealkylation sites (N-methyl/N-ethyl adjacent to an activating group) is 2. The predicted octanol–water partition coefficient (Wildman–Crippen LogP) is 2.35. The predicted molar refractivity (Wildman–Crippen MR) is 121 cm³/mol. The maximum Gasteiger partial charge on any atom is 0.298 e. The van der Waals surface area contributed by atoms with Crippen molar-refractivity contribution in [2.24, 2.45) is 0 Å². The van der Waals surface area contributed by atoms with Crippen molar-refractivity contribution in [3.8, 4) is 17.6 Å². The minimum absolute atomic E-state index is 0.0722. The zero-order chi connectivity index (χ0) is 22.1. The molecular formula is C27H28N2O3. The first-order valence-corrected chi connectivity index (χ1v) is 11.5. The molecule has 1 amide bonds. The van der Waals surface area contributed by atoms with Crippen LogP contribution < -0.4 is 4.74 Å². The molecule has 32 heavy (non-hydrogen) atoms. The highest BCUT2D eigenvalue weighted by molar-refractivity contribution is 5.94. The fourth-order valence-corrected chi connectivity index (χ4v) is 6.98. The Morgan fingerprint density at radius 1 is 1.19 bits per heavy atom. The lowest BCUT2D eigenvalue weighted by Crippen LogP contribution is -2.77. The summed E-state index contributed by atoms with van der Waals surface area (Å²) >= 11 is 0. The van der Waals surface area contributed by atoms with Crippen molar-refractivity contribution in [2.45, 2.75) is 54.9 Å². The second-order valence-corrected chi connectivity index (χ2v) is 9.81. The van der Waals surface area contributed by atoms with Crippen LogP contribution in [0.3, 0.4) is 0 Å². The van der Waals surface area contributed by atoms with Crippen LogP contribution in [0, 0.1) is 11.8 Å². The van der Waals surface area contributed by atoms with Gasteiger partial charge in [0.2, 0.25) is 0 Å². The summed E-state index contributed by atoms with van der Waals surface area (Å²) in [6.45, 7) is 0.915. The van der Waals surface area contributed by atoms with Crippen LogP contribution >= 0.6 is 0 Å². The first-order chi connectivity index (χ1) is 15.5. The molecular weight excluding hydrogens is 400 g/mol. The highest BCUT2D eigenvalue weighted by Crippen LogP contribution is 2.64. The van der Waals surface area contributed by atoms with Gasteiger partial charge in [-0.05, 0) is 63.0 Å². The van der Waals surface area contributed by atoms with E-state index in [4.69, 9.17) is 4.74 Å². The Morgan fingerprint density at radius 2 is 2.00 bits per heavy atom. The molecule has 2 aromatic rings. The van der Waals surface area contributed by atoms with Gasteiger partial charge in [-0.15, -0.1) is 0 Å². The van der Waals surface area contributed by atoms with Crippen molar-refractivity contribution in [3.05, 3.63) is 65.2 Å². The molecule has 6 rings (SSSR count). The molecule has 2 bridgehead atoms. The Morgan fingerprint density at radius 3 is 2.81 bits per heavy atom. The zero-order valence-electron chi connectivity index (χ0n) is 18.5. The molecule has 1 saturated carbocycles. The second-order valence-electron chi connectivity index (χ2n) is 9.81. The van der Waals surface area contributed by atoms with Crippen LogP contribution in [0.25, 0.3) is 0 Å². The summed E-state index contributed by atoms with van der Waals surface area (Å²) < 4.78 is 6.61. The van der Waals surface area contributed by atoms with E-state index in [0.29, 0.717) is 12.8 Å². The normalized spacial score (nSPS) is 34.0. The third-order valence-electron chi connectivity index (χ3n) is 8.50. The van der Waals surface area contributed by atoms with Crippen molar-refractivity contribution in [3.63, 3.8) is 0 Å². The number of rotatable bonds is 1. The smallest absolute Gasteiger partial charge is 0.298 e. The molecule has 164 valence electrons. The van der Waals surface area contributed by atoms with Gasteiger partial charge in [0.05, 0.1) is 17.1 Å². The summed E-state index contributed by atoms with van der Waals surface area (Å²) in [5, 5.41) is 12.2. The summed E-state index contributed by atoms with van der Waals surface area (Å²) in [4.78, 5) is 17.1. The van der Waals surface area contributed by atoms with Gasteiger partial charge in [-0.25, -0.2) is 0 Å². The molecule has 2 aliphatic heterocycles. The molecule has 5 heteroatoms. The van der Waals surface area contributed by atoms with E-state index in [2.05, 4.69) is 35.9 Å². The summed E-state index contributed by atoms with van der Waals surface area (Å²) in [6, 6.07) is 15.8. The molecule has 1 N–H and O–H groups in total. The summed E-state index contributed by atoms with van der Waals surface area (Å²) in [5.74, 6) is 6.48. The molecule has 1 saturated heterocycles. The molecule has 0 aromatic heterocycles. The van der Waals surface area contributed by atoms with Crippen LogP contribution in [0.4, 0.5) is 0 Å². The van der Waals surface area contributed by atoms with E-state index in [1.54, 1.807) is 4.90 Å². The van der Waals surface area contributed by atoms with Crippen LogP contribution in [-0.2, 0) is 16.6 Å². The molecule has 2 aromatic carbocycles. The Kier molecular flexibility index (Phi) is 4.24. The Hall–Kier alpha value is -2.81. The van der Waals surface area contributed by atoms with Crippen LogP contribution in [-0.4, -0.2) is 65.2 Å². The summed E-state index contributed by atoms with van der Waals surface area (Å²) in [6.07, 6.45) is 2.77. The van der Waals surface area contributed by atoms with Crippen molar-refractivity contribution in [1.29, 1.82) is 0 Å². The van der Waals surface area contributed by atoms with Gasteiger partial charge >= 0.3 is 0 Å². The molecule has 1 spiro atoms. The number of carbonyl (C=O) groups excluding carboxylic acids is 1. The lowest BCUT2D eigenvalue weighted by atomic mass is 9.48. The van der Waals surface area contributed by atoms with Gasteiger partial charge in [-0.1, -0.05) is 36.3 Å². The fraction of sp³-hybridized carbons (Fsp3) is 0.444. The minimum atomic E-state index is -0.847. The summed E-state index contributed by atoms with van der Waals surface area (Å²) in [7, 11) is 3.95. The first kappa shape index (κ1) is 19.8. The van der Waals surface area contributed by atoms with Gasteiger partial charge in [0.25, 0.3) is 5.91 Å². The fourth-order valence-electron chi connectivity index (χ4n) is 6.98. The zero-order valence-corrected chi connectivity index (χ0v) is 18.5. The average Bonchev–Trinajstić information content (AvgIpc) is 3.15. The number of aliphatic hydroxyl groups is 1. The Bertz CT molecular complexity index is 1150. The molecule has 2 aliphatic carbocycles. The van der Waals surface area contributed by atoms with Crippen LogP contribution in [0.1, 0.15) is 36.0 Å². The van der Waals surface area contributed by atoms with E-state index in [9.17, 15) is 9.90 Å². The van der Waals surface area contributed by atoms with Crippen molar-refractivity contribution < 1.29 is 14.6 Å². The minimum Gasteiger partial charge on any atom is -0.487 e. The van der Waals surface area contributed by atoms with Gasteiger partial charge in [0.15, 0.2) is 0 Å². The van der Waals surface area contributed by atoms with Crippen LogP contribution in [0.5, 0.6) is 5.75 Å². The average molecular weight is 429 g/mol. The molecule has 5 atom stereocenters. The quantitative estimate of drug-likeness (QED) is 0.709. The number of hydrogen-bond acceptors (Lipinski definition) is 4. The number of likely N-dealkylation sites (tertiary alicyclic amines) is 1. The number of carbonyl (C=O) groups is 1. The Balaban J connectivity index is 1.39. The number of nitrogens with zero attached hydrogens (tertiary/aromatic N) is 2. The van der Waals surface area contributed by atoms with Crippen LogP contribution in [0.15, 0.2) is 48.5 Å². The van der Waals surface area contributed by atoms with Gasteiger partial charge in [0, 0.05) is 30.1 Å². The largest absolute Gasteiger partial charge is 0.487 e. The van der Waals surface area contributed by atoms with Gasteiger partial charge in [0.1, 0.15) is 11.9 Å². The second kappa shape index (κ2) is 6.84. The SMILES string of the molecule is CN1CC[C@]23c4c5cccc4O[C@H]2[C@@H](N(C)C(=O)C#Cc2ccccc2)CC[C@@]3(O)[C@H]1C5. The van der Waals surface area contributed by atoms with Crippen molar-refractivity contribution >= 4 is 5.91 Å². The molecule has 5 nitrogen and oxygen atoms in total. The maximum absolute atomic E-state index is 13.1. The van der Waals surface area contributed by atoms with Gasteiger partial charge < -0.3 is 19.6 Å². The van der Waals surface area contributed by atoms with E-state index in [0.717, 1.165) is 30.7 Å². The molecule has 2 heterocycles. The molecule has 4 aliphatic rings. The molecule has 0 unspecified atom stereocenters. The lowest BCUT2D eigenvalue weighted by Gasteiger charge is -2.64. The van der Waals surface area contributed by atoms with E-state index in [1.165, 1.54) is 11.1 Å².